The molecule has 1 aliphatic heterocycles. The fraction of sp³-hybridized carbons (Fsp3) is 0.375. The fourth-order valence-corrected chi connectivity index (χ4v) is 4.39. The molecule has 0 spiro atoms. The second kappa shape index (κ2) is 11.0. The number of fused-ring (bicyclic) bond motifs is 1. The van der Waals surface area contributed by atoms with Crippen LogP contribution in [-0.4, -0.2) is 81.0 Å². The highest BCUT2D eigenvalue weighted by molar-refractivity contribution is 6.30. The number of anilines is 1. The molecule has 4 heterocycles. The third kappa shape index (κ3) is 5.73. The van der Waals surface area contributed by atoms with Crippen LogP contribution in [0, 0.1) is 0 Å². The molecule has 182 valence electrons. The van der Waals surface area contributed by atoms with Crippen LogP contribution in [0.15, 0.2) is 42.7 Å². The molecule has 3 aromatic heterocycles. The van der Waals surface area contributed by atoms with Gasteiger partial charge in [-0.25, -0.2) is 15.0 Å². The molecule has 1 atom stereocenters. The van der Waals surface area contributed by atoms with Crippen molar-refractivity contribution in [1.82, 2.24) is 35.0 Å². The SMILES string of the molecule is NCC(Cc1nccc(-c2[nH]nc3nc(NCCN4CCOCC4)ncc23)n1)c1cccc(Cl)c1. The number of rotatable bonds is 9. The third-order valence-electron chi connectivity index (χ3n) is 6.12. The predicted molar refractivity (Wildman–Crippen MR) is 135 cm³/mol. The molecule has 1 aliphatic rings. The first-order valence-corrected chi connectivity index (χ1v) is 12.1. The van der Waals surface area contributed by atoms with Gasteiger partial charge in [-0.05, 0) is 30.3 Å². The van der Waals surface area contributed by atoms with Crippen molar-refractivity contribution in [3.05, 3.63) is 59.1 Å². The van der Waals surface area contributed by atoms with E-state index in [0.717, 1.165) is 61.7 Å². The number of ether oxygens (including phenoxy) is 1. The highest BCUT2D eigenvalue weighted by Crippen LogP contribution is 2.26. The van der Waals surface area contributed by atoms with Crippen molar-refractivity contribution in [3.63, 3.8) is 0 Å². The lowest BCUT2D eigenvalue weighted by atomic mass is 9.95. The summed E-state index contributed by atoms with van der Waals surface area (Å²) in [5.41, 5.74) is 9.21. The van der Waals surface area contributed by atoms with E-state index in [1.807, 2.05) is 30.3 Å². The van der Waals surface area contributed by atoms with E-state index < -0.39 is 0 Å². The second-order valence-corrected chi connectivity index (χ2v) is 8.90. The highest BCUT2D eigenvalue weighted by Gasteiger charge is 2.16. The smallest absolute Gasteiger partial charge is 0.224 e. The van der Waals surface area contributed by atoms with Crippen LogP contribution in [0.2, 0.25) is 5.02 Å². The molecule has 1 unspecified atom stereocenters. The fourth-order valence-electron chi connectivity index (χ4n) is 4.19. The Morgan fingerprint density at radius 3 is 2.89 bits per heavy atom. The molecule has 0 bridgehead atoms. The average molecular weight is 494 g/mol. The van der Waals surface area contributed by atoms with Crippen LogP contribution < -0.4 is 11.1 Å². The number of nitrogens with zero attached hydrogens (tertiary/aromatic N) is 6. The van der Waals surface area contributed by atoms with Gasteiger partial charge in [0.1, 0.15) is 5.82 Å². The zero-order chi connectivity index (χ0) is 24.0. The summed E-state index contributed by atoms with van der Waals surface area (Å²) in [5.74, 6) is 1.32. The topological polar surface area (TPSA) is 131 Å². The number of nitrogens with two attached hydrogens (primary N) is 1. The summed E-state index contributed by atoms with van der Waals surface area (Å²) in [7, 11) is 0. The van der Waals surface area contributed by atoms with Crippen LogP contribution in [-0.2, 0) is 11.2 Å². The summed E-state index contributed by atoms with van der Waals surface area (Å²) in [4.78, 5) is 20.6. The molecule has 0 aliphatic carbocycles. The maximum Gasteiger partial charge on any atom is 0.224 e. The van der Waals surface area contributed by atoms with Gasteiger partial charge in [0.05, 0.1) is 30.0 Å². The van der Waals surface area contributed by atoms with Gasteiger partial charge in [0.2, 0.25) is 5.95 Å². The van der Waals surface area contributed by atoms with Gasteiger partial charge in [-0.3, -0.25) is 10.00 Å². The Kier molecular flexibility index (Phi) is 7.43. The Morgan fingerprint density at radius 2 is 2.06 bits per heavy atom. The van der Waals surface area contributed by atoms with Gasteiger partial charge >= 0.3 is 0 Å². The number of hydrogen-bond donors (Lipinski definition) is 3. The van der Waals surface area contributed by atoms with Crippen molar-refractivity contribution >= 4 is 28.6 Å². The zero-order valence-corrected chi connectivity index (χ0v) is 20.1. The van der Waals surface area contributed by atoms with Gasteiger partial charge in [0.25, 0.3) is 0 Å². The minimum atomic E-state index is 0.0666. The largest absolute Gasteiger partial charge is 0.379 e. The first-order chi connectivity index (χ1) is 17.2. The average Bonchev–Trinajstić information content (AvgIpc) is 3.31. The predicted octanol–water partition coefficient (Wildman–Crippen LogP) is 2.49. The Morgan fingerprint density at radius 1 is 1.17 bits per heavy atom. The van der Waals surface area contributed by atoms with Gasteiger partial charge in [0, 0.05) is 55.9 Å². The summed E-state index contributed by atoms with van der Waals surface area (Å²) in [6.45, 7) is 5.63. The number of halogens is 1. The van der Waals surface area contributed by atoms with Crippen molar-refractivity contribution in [2.24, 2.45) is 5.73 Å². The standard InChI is InChI=1S/C24H28ClN9O/c25-18-3-1-2-16(12-18)17(14-26)13-21-27-5-4-20(30-21)22-19-15-29-24(31-23(19)33-32-22)28-6-7-34-8-10-35-11-9-34/h1-5,12,15,17H,6-11,13-14,26H2,(H2,28,29,31,32,33). The highest BCUT2D eigenvalue weighted by atomic mass is 35.5. The molecule has 11 heteroatoms. The molecule has 1 aromatic carbocycles. The number of aromatic amines is 1. The van der Waals surface area contributed by atoms with Crippen LogP contribution >= 0.6 is 11.6 Å². The lowest BCUT2D eigenvalue weighted by Crippen LogP contribution is -2.39. The van der Waals surface area contributed by atoms with E-state index in [4.69, 9.17) is 27.1 Å². The van der Waals surface area contributed by atoms with E-state index in [1.165, 1.54) is 0 Å². The van der Waals surface area contributed by atoms with Gasteiger partial charge in [-0.15, -0.1) is 0 Å². The third-order valence-corrected chi connectivity index (χ3v) is 6.36. The van der Waals surface area contributed by atoms with E-state index in [-0.39, 0.29) is 5.92 Å². The molecule has 10 nitrogen and oxygen atoms in total. The maximum absolute atomic E-state index is 6.17. The van der Waals surface area contributed by atoms with Crippen LogP contribution in [0.1, 0.15) is 17.3 Å². The van der Waals surface area contributed by atoms with Crippen LogP contribution in [0.5, 0.6) is 0 Å². The molecule has 0 saturated carbocycles. The van der Waals surface area contributed by atoms with Gasteiger partial charge in [-0.2, -0.15) is 10.1 Å². The molecule has 4 aromatic rings. The lowest BCUT2D eigenvalue weighted by molar-refractivity contribution is 0.0398. The molecule has 1 fully saturated rings. The normalized spacial score (nSPS) is 15.4. The van der Waals surface area contributed by atoms with Gasteiger partial charge < -0.3 is 15.8 Å². The van der Waals surface area contributed by atoms with Crippen molar-refractivity contribution in [2.45, 2.75) is 12.3 Å². The minimum absolute atomic E-state index is 0.0666. The Labute approximate surface area is 208 Å². The number of benzene rings is 1. The summed E-state index contributed by atoms with van der Waals surface area (Å²) >= 11 is 6.17. The number of aromatic nitrogens is 6. The Balaban J connectivity index is 1.29. The number of hydrogen-bond acceptors (Lipinski definition) is 9. The molecule has 35 heavy (non-hydrogen) atoms. The van der Waals surface area contributed by atoms with Gasteiger partial charge in [0.15, 0.2) is 5.65 Å². The van der Waals surface area contributed by atoms with Crippen molar-refractivity contribution in [1.29, 1.82) is 0 Å². The van der Waals surface area contributed by atoms with E-state index in [9.17, 15) is 0 Å². The lowest BCUT2D eigenvalue weighted by Gasteiger charge is -2.26. The monoisotopic (exact) mass is 493 g/mol. The zero-order valence-electron chi connectivity index (χ0n) is 19.3. The number of morpholine rings is 1. The first-order valence-electron chi connectivity index (χ1n) is 11.7. The van der Waals surface area contributed by atoms with E-state index in [2.05, 4.69) is 35.4 Å². The second-order valence-electron chi connectivity index (χ2n) is 8.46. The summed E-state index contributed by atoms with van der Waals surface area (Å²) < 4.78 is 5.39. The molecule has 5 rings (SSSR count). The minimum Gasteiger partial charge on any atom is -0.379 e. The van der Waals surface area contributed by atoms with E-state index in [0.29, 0.717) is 35.4 Å². The molecule has 0 radical (unpaired) electrons. The summed E-state index contributed by atoms with van der Waals surface area (Å²) in [5, 5.41) is 12.2. The Bertz CT molecular complexity index is 1270. The molecule has 4 N–H and O–H groups in total. The molecular formula is C24H28ClN9O. The van der Waals surface area contributed by atoms with Crippen molar-refractivity contribution < 1.29 is 4.74 Å². The van der Waals surface area contributed by atoms with Crippen LogP contribution in [0.25, 0.3) is 22.4 Å². The number of H-pyrrole nitrogens is 1. The Hall–Kier alpha value is -3.18. The van der Waals surface area contributed by atoms with Gasteiger partial charge in [-0.1, -0.05) is 23.7 Å². The summed E-state index contributed by atoms with van der Waals surface area (Å²) in [6, 6.07) is 9.60. The molecule has 1 saturated heterocycles. The molecule has 0 amide bonds. The van der Waals surface area contributed by atoms with Crippen LogP contribution in [0.3, 0.4) is 0 Å². The van der Waals surface area contributed by atoms with Crippen molar-refractivity contribution in [2.75, 3.05) is 51.3 Å². The quantitative estimate of drug-likeness (QED) is 0.322. The van der Waals surface area contributed by atoms with E-state index >= 15 is 0 Å². The van der Waals surface area contributed by atoms with E-state index in [1.54, 1.807) is 12.4 Å². The summed E-state index contributed by atoms with van der Waals surface area (Å²) in [6.07, 6.45) is 4.12. The first kappa shape index (κ1) is 23.6. The maximum atomic E-state index is 6.17. The molecular weight excluding hydrogens is 466 g/mol. The van der Waals surface area contributed by atoms with Crippen LogP contribution in [0.4, 0.5) is 5.95 Å². The number of nitrogens with one attached hydrogen (secondary N) is 2. The van der Waals surface area contributed by atoms with Crippen molar-refractivity contribution in [3.8, 4) is 11.4 Å².